The molecule has 26 heavy (non-hydrogen) atoms. The molecule has 0 bridgehead atoms. The smallest absolute Gasteiger partial charge is 0.274 e. The van der Waals surface area contributed by atoms with Crippen LogP contribution in [0.4, 0.5) is 5.69 Å². The SMILES string of the molecule is CCCCN(C)C(=O)c1cccc(C(=O)Nc2cccc(C(C)=O)c2)n1. The number of unbranched alkanes of at least 4 members (excludes halogenated alkanes) is 1. The Labute approximate surface area is 153 Å². The van der Waals surface area contributed by atoms with Gasteiger partial charge in [0.25, 0.3) is 11.8 Å². The first-order valence-electron chi connectivity index (χ1n) is 8.57. The van der Waals surface area contributed by atoms with Crippen LogP contribution in [0.25, 0.3) is 0 Å². The van der Waals surface area contributed by atoms with Crippen molar-refractivity contribution in [3.8, 4) is 0 Å². The fourth-order valence-electron chi connectivity index (χ4n) is 2.38. The molecule has 6 nitrogen and oxygen atoms in total. The van der Waals surface area contributed by atoms with Crippen molar-refractivity contribution in [1.82, 2.24) is 9.88 Å². The molecular weight excluding hydrogens is 330 g/mol. The summed E-state index contributed by atoms with van der Waals surface area (Å²) in [6.45, 7) is 4.17. The average molecular weight is 353 g/mol. The molecule has 0 aliphatic carbocycles. The number of ketones is 1. The molecule has 2 amide bonds. The molecule has 6 heteroatoms. The van der Waals surface area contributed by atoms with Crippen LogP contribution in [0.15, 0.2) is 42.5 Å². The number of benzene rings is 1. The van der Waals surface area contributed by atoms with Crippen LogP contribution >= 0.6 is 0 Å². The van der Waals surface area contributed by atoms with Crippen LogP contribution in [0.1, 0.15) is 58.0 Å². The minimum atomic E-state index is -0.434. The van der Waals surface area contributed by atoms with E-state index in [9.17, 15) is 14.4 Å². The second kappa shape index (κ2) is 8.89. The van der Waals surface area contributed by atoms with Crippen molar-refractivity contribution < 1.29 is 14.4 Å². The zero-order chi connectivity index (χ0) is 19.1. The predicted octanol–water partition coefficient (Wildman–Crippen LogP) is 3.41. The first-order valence-corrected chi connectivity index (χ1v) is 8.57. The molecule has 0 spiro atoms. The largest absolute Gasteiger partial charge is 0.340 e. The summed E-state index contributed by atoms with van der Waals surface area (Å²) in [5.41, 5.74) is 1.39. The van der Waals surface area contributed by atoms with Crippen LogP contribution in [-0.4, -0.2) is 41.1 Å². The summed E-state index contributed by atoms with van der Waals surface area (Å²) < 4.78 is 0. The van der Waals surface area contributed by atoms with Crippen molar-refractivity contribution in [3.05, 3.63) is 59.4 Å². The number of nitrogens with zero attached hydrogens (tertiary/aromatic N) is 2. The Bertz CT molecular complexity index is 817. The van der Waals surface area contributed by atoms with E-state index < -0.39 is 5.91 Å². The van der Waals surface area contributed by atoms with Gasteiger partial charge in [-0.15, -0.1) is 0 Å². The first-order chi connectivity index (χ1) is 12.4. The fourth-order valence-corrected chi connectivity index (χ4v) is 2.38. The molecule has 2 rings (SSSR count). The minimum Gasteiger partial charge on any atom is -0.340 e. The molecule has 0 saturated heterocycles. The molecule has 136 valence electrons. The van der Waals surface area contributed by atoms with Gasteiger partial charge in [-0.25, -0.2) is 4.98 Å². The summed E-state index contributed by atoms with van der Waals surface area (Å²) in [7, 11) is 1.72. The molecule has 0 radical (unpaired) electrons. The predicted molar refractivity (Wildman–Crippen MR) is 101 cm³/mol. The lowest BCUT2D eigenvalue weighted by Crippen LogP contribution is -2.29. The van der Waals surface area contributed by atoms with Gasteiger partial charge in [0.2, 0.25) is 0 Å². The van der Waals surface area contributed by atoms with E-state index in [1.165, 1.54) is 6.92 Å². The molecule has 0 aliphatic rings. The minimum absolute atomic E-state index is 0.0815. The van der Waals surface area contributed by atoms with E-state index in [0.29, 0.717) is 17.8 Å². The number of hydrogen-bond acceptors (Lipinski definition) is 4. The number of amides is 2. The van der Waals surface area contributed by atoms with Gasteiger partial charge in [0.15, 0.2) is 5.78 Å². The van der Waals surface area contributed by atoms with Crippen molar-refractivity contribution in [3.63, 3.8) is 0 Å². The number of aromatic nitrogens is 1. The Morgan fingerprint density at radius 1 is 1.08 bits per heavy atom. The van der Waals surface area contributed by atoms with E-state index in [1.54, 1.807) is 54.4 Å². The van der Waals surface area contributed by atoms with Crippen molar-refractivity contribution in [2.24, 2.45) is 0 Å². The number of pyridine rings is 1. The number of carbonyl (C=O) groups excluding carboxylic acids is 3. The average Bonchev–Trinajstić information content (AvgIpc) is 2.65. The second-order valence-corrected chi connectivity index (χ2v) is 6.08. The standard InChI is InChI=1S/C20H23N3O3/c1-4-5-12-23(3)20(26)18-11-7-10-17(22-18)19(25)21-16-9-6-8-15(13-16)14(2)24/h6-11,13H,4-5,12H2,1-3H3,(H,21,25). The first kappa shape index (κ1) is 19.3. The zero-order valence-corrected chi connectivity index (χ0v) is 15.3. The Kier molecular flexibility index (Phi) is 6.60. The Morgan fingerprint density at radius 3 is 2.46 bits per heavy atom. The van der Waals surface area contributed by atoms with Crippen molar-refractivity contribution in [2.75, 3.05) is 18.9 Å². The Morgan fingerprint density at radius 2 is 1.77 bits per heavy atom. The van der Waals surface area contributed by atoms with E-state index in [0.717, 1.165) is 12.8 Å². The molecule has 0 unspecified atom stereocenters. The van der Waals surface area contributed by atoms with Gasteiger partial charge in [-0.2, -0.15) is 0 Å². The van der Waals surface area contributed by atoms with Gasteiger partial charge in [0.1, 0.15) is 11.4 Å². The van der Waals surface area contributed by atoms with Gasteiger partial charge in [0.05, 0.1) is 0 Å². The number of carbonyl (C=O) groups is 3. The second-order valence-electron chi connectivity index (χ2n) is 6.08. The van der Waals surface area contributed by atoms with E-state index >= 15 is 0 Å². The van der Waals surface area contributed by atoms with Crippen LogP contribution in [0.3, 0.4) is 0 Å². The lowest BCUT2D eigenvalue weighted by Gasteiger charge is -2.16. The summed E-state index contributed by atoms with van der Waals surface area (Å²) in [5.74, 6) is -0.731. The summed E-state index contributed by atoms with van der Waals surface area (Å²) in [6, 6.07) is 11.5. The maximum absolute atomic E-state index is 12.4. The van der Waals surface area contributed by atoms with Crippen LogP contribution in [-0.2, 0) is 0 Å². The molecule has 0 aliphatic heterocycles. The fraction of sp³-hybridized carbons (Fsp3) is 0.300. The van der Waals surface area contributed by atoms with Crippen LogP contribution in [0, 0.1) is 0 Å². The van der Waals surface area contributed by atoms with Crippen molar-refractivity contribution in [2.45, 2.75) is 26.7 Å². The molecule has 1 aromatic carbocycles. The molecule has 2 aromatic rings. The van der Waals surface area contributed by atoms with Crippen LogP contribution in [0.2, 0.25) is 0 Å². The highest BCUT2D eigenvalue weighted by Gasteiger charge is 2.16. The summed E-state index contributed by atoms with van der Waals surface area (Å²) >= 11 is 0. The van der Waals surface area contributed by atoms with Crippen molar-refractivity contribution >= 4 is 23.3 Å². The lowest BCUT2D eigenvalue weighted by molar-refractivity contribution is 0.0787. The maximum atomic E-state index is 12.4. The molecular formula is C20H23N3O3. The number of nitrogens with one attached hydrogen (secondary N) is 1. The third kappa shape index (κ3) is 4.99. The molecule has 1 aromatic heterocycles. The van der Waals surface area contributed by atoms with Gasteiger partial charge in [-0.1, -0.05) is 31.5 Å². The quantitative estimate of drug-likeness (QED) is 0.774. The lowest BCUT2D eigenvalue weighted by atomic mass is 10.1. The highest BCUT2D eigenvalue weighted by atomic mass is 16.2. The van der Waals surface area contributed by atoms with E-state index in [1.807, 2.05) is 0 Å². The van der Waals surface area contributed by atoms with Gasteiger partial charge in [0, 0.05) is 24.8 Å². The maximum Gasteiger partial charge on any atom is 0.274 e. The molecule has 0 saturated carbocycles. The highest BCUT2D eigenvalue weighted by Crippen LogP contribution is 2.13. The highest BCUT2D eigenvalue weighted by molar-refractivity contribution is 6.04. The van der Waals surface area contributed by atoms with Gasteiger partial charge < -0.3 is 10.2 Å². The number of hydrogen-bond donors (Lipinski definition) is 1. The topological polar surface area (TPSA) is 79.4 Å². The zero-order valence-electron chi connectivity index (χ0n) is 15.3. The summed E-state index contributed by atoms with van der Waals surface area (Å²) in [5, 5.41) is 2.70. The molecule has 1 N–H and O–H groups in total. The summed E-state index contributed by atoms with van der Waals surface area (Å²) in [6.07, 6.45) is 1.90. The summed E-state index contributed by atoms with van der Waals surface area (Å²) in [4.78, 5) is 42.1. The molecule has 1 heterocycles. The molecule has 0 atom stereocenters. The Hall–Kier alpha value is -3.02. The number of rotatable bonds is 7. The van der Waals surface area contributed by atoms with Crippen LogP contribution < -0.4 is 5.32 Å². The Balaban J connectivity index is 2.14. The number of Topliss-reactive ketones (excluding diaryl/α,β-unsaturated/α-hetero) is 1. The third-order valence-corrected chi connectivity index (χ3v) is 3.92. The number of anilines is 1. The van der Waals surface area contributed by atoms with E-state index in [2.05, 4.69) is 17.2 Å². The van der Waals surface area contributed by atoms with Crippen LogP contribution in [0.5, 0.6) is 0 Å². The third-order valence-electron chi connectivity index (χ3n) is 3.92. The normalized spacial score (nSPS) is 10.3. The monoisotopic (exact) mass is 353 g/mol. The van der Waals surface area contributed by atoms with Gasteiger partial charge >= 0.3 is 0 Å². The van der Waals surface area contributed by atoms with E-state index in [4.69, 9.17) is 0 Å². The van der Waals surface area contributed by atoms with Gasteiger partial charge in [-0.3, -0.25) is 14.4 Å². The van der Waals surface area contributed by atoms with Crippen molar-refractivity contribution in [1.29, 1.82) is 0 Å². The molecule has 0 fully saturated rings. The van der Waals surface area contributed by atoms with E-state index in [-0.39, 0.29) is 23.1 Å². The van der Waals surface area contributed by atoms with Gasteiger partial charge in [-0.05, 0) is 37.6 Å².